The molecule has 1 saturated heterocycles. The third-order valence-corrected chi connectivity index (χ3v) is 6.93. The van der Waals surface area contributed by atoms with E-state index in [0.29, 0.717) is 19.1 Å². The van der Waals surface area contributed by atoms with Crippen molar-refractivity contribution in [3.8, 4) is 0 Å². The van der Waals surface area contributed by atoms with E-state index in [4.69, 9.17) is 4.74 Å². The topological polar surface area (TPSA) is 57.2 Å². The number of aliphatic imine (C=N–C) groups is 1. The number of ether oxygens (including phenoxy) is 1. The Labute approximate surface area is 212 Å². The van der Waals surface area contributed by atoms with Crippen LogP contribution in [-0.2, 0) is 29.1 Å². The standard InChI is InChI=1S/C24H32N4O2S.HI/c1-2-25-24(26-14-23(29)27-12-9-22-21(16-27)10-13-31-22)28-11-8-20(15-28)18-30-17-19-6-4-3-5-7-19;/h3-7,10,13,20H,2,8-9,11-12,14-18H2,1H3,(H,25,26);1H. The monoisotopic (exact) mass is 568 g/mol. The summed E-state index contributed by atoms with van der Waals surface area (Å²) in [6.07, 6.45) is 2.04. The summed E-state index contributed by atoms with van der Waals surface area (Å²) in [6.45, 7) is 7.84. The molecule has 1 aromatic carbocycles. The van der Waals surface area contributed by atoms with Gasteiger partial charge in [0, 0.05) is 43.5 Å². The second-order valence-corrected chi connectivity index (χ2v) is 9.21. The van der Waals surface area contributed by atoms with Gasteiger partial charge < -0.3 is 19.9 Å². The van der Waals surface area contributed by atoms with Crippen molar-refractivity contribution in [3.63, 3.8) is 0 Å². The molecule has 3 heterocycles. The van der Waals surface area contributed by atoms with Crippen LogP contribution in [0, 0.1) is 5.92 Å². The summed E-state index contributed by atoms with van der Waals surface area (Å²) in [5, 5.41) is 5.48. The minimum absolute atomic E-state index is 0. The zero-order valence-electron chi connectivity index (χ0n) is 18.7. The van der Waals surface area contributed by atoms with E-state index in [1.54, 1.807) is 11.3 Å². The highest BCUT2D eigenvalue weighted by Gasteiger charge is 2.26. The maximum Gasteiger partial charge on any atom is 0.244 e. The van der Waals surface area contributed by atoms with Crippen molar-refractivity contribution in [3.05, 3.63) is 57.8 Å². The van der Waals surface area contributed by atoms with E-state index in [1.165, 1.54) is 16.0 Å². The molecule has 6 nitrogen and oxygen atoms in total. The molecule has 0 spiro atoms. The van der Waals surface area contributed by atoms with Crippen LogP contribution < -0.4 is 5.32 Å². The molecule has 8 heteroatoms. The van der Waals surface area contributed by atoms with Crippen LogP contribution in [0.25, 0.3) is 0 Å². The van der Waals surface area contributed by atoms with Crippen LogP contribution in [0.4, 0.5) is 0 Å². The summed E-state index contributed by atoms with van der Waals surface area (Å²) in [5.74, 6) is 1.44. The van der Waals surface area contributed by atoms with Crippen LogP contribution in [0.1, 0.15) is 29.3 Å². The number of guanidine groups is 1. The molecule has 2 aromatic rings. The molecule has 1 unspecified atom stereocenters. The lowest BCUT2D eigenvalue weighted by atomic mass is 10.1. The number of hydrogen-bond donors (Lipinski definition) is 1. The third-order valence-electron chi connectivity index (χ3n) is 5.91. The van der Waals surface area contributed by atoms with Crippen LogP contribution in [-0.4, -0.2) is 61.0 Å². The number of rotatable bonds is 7. The maximum atomic E-state index is 12.7. The van der Waals surface area contributed by atoms with Crippen molar-refractivity contribution in [1.82, 2.24) is 15.1 Å². The van der Waals surface area contributed by atoms with Crippen LogP contribution in [0.15, 0.2) is 46.8 Å². The van der Waals surface area contributed by atoms with E-state index in [9.17, 15) is 4.79 Å². The third kappa shape index (κ3) is 6.68. The van der Waals surface area contributed by atoms with Gasteiger partial charge >= 0.3 is 0 Å². The summed E-state index contributed by atoms with van der Waals surface area (Å²) in [4.78, 5) is 23.0. The molecule has 0 radical (unpaired) electrons. The number of likely N-dealkylation sites (tertiary alicyclic amines) is 1. The Morgan fingerprint density at radius 1 is 1.22 bits per heavy atom. The van der Waals surface area contributed by atoms with Gasteiger partial charge in [-0.25, -0.2) is 4.99 Å². The van der Waals surface area contributed by atoms with Crippen LogP contribution in [0.5, 0.6) is 0 Å². The van der Waals surface area contributed by atoms with Crippen molar-refractivity contribution in [2.24, 2.45) is 10.9 Å². The first-order valence-electron chi connectivity index (χ1n) is 11.2. The smallest absolute Gasteiger partial charge is 0.244 e. The van der Waals surface area contributed by atoms with Crippen LogP contribution >= 0.6 is 35.3 Å². The normalized spacial score (nSPS) is 18.3. The average molecular weight is 569 g/mol. The second kappa shape index (κ2) is 12.6. The quantitative estimate of drug-likeness (QED) is 0.314. The Bertz CT molecular complexity index is 889. The lowest BCUT2D eigenvalue weighted by Crippen LogP contribution is -2.42. The molecular formula is C24H33IN4O2S. The molecular weight excluding hydrogens is 535 g/mol. The molecule has 32 heavy (non-hydrogen) atoms. The van der Waals surface area contributed by atoms with E-state index in [-0.39, 0.29) is 36.4 Å². The fourth-order valence-electron chi connectivity index (χ4n) is 4.21. The number of fused-ring (bicyclic) bond motifs is 1. The van der Waals surface area contributed by atoms with Gasteiger partial charge in [-0.15, -0.1) is 35.3 Å². The van der Waals surface area contributed by atoms with E-state index in [2.05, 4.69) is 45.7 Å². The molecule has 1 fully saturated rings. The fraction of sp³-hybridized carbons (Fsp3) is 0.500. The summed E-state index contributed by atoms with van der Waals surface area (Å²) < 4.78 is 5.94. The first-order chi connectivity index (χ1) is 15.2. The van der Waals surface area contributed by atoms with Crippen LogP contribution in [0.3, 0.4) is 0 Å². The van der Waals surface area contributed by atoms with Gasteiger partial charge in [0.1, 0.15) is 6.54 Å². The number of nitrogens with zero attached hydrogens (tertiary/aromatic N) is 3. The van der Waals surface area contributed by atoms with Gasteiger partial charge in [-0.3, -0.25) is 4.79 Å². The fourth-order valence-corrected chi connectivity index (χ4v) is 5.10. The number of thiophene rings is 1. The molecule has 1 atom stereocenters. The average Bonchev–Trinajstić information content (AvgIpc) is 3.46. The summed E-state index contributed by atoms with van der Waals surface area (Å²) in [7, 11) is 0. The Hall–Kier alpha value is -1.65. The molecule has 0 aliphatic carbocycles. The first kappa shape index (κ1) is 25.0. The molecule has 0 saturated carbocycles. The SMILES string of the molecule is CCNC(=NCC(=O)N1CCc2sccc2C1)N1CCC(COCc2ccccc2)C1.I. The molecule has 4 rings (SSSR count). The molecule has 1 amide bonds. The van der Waals surface area contributed by atoms with E-state index in [0.717, 1.165) is 51.6 Å². The lowest BCUT2D eigenvalue weighted by molar-refractivity contribution is -0.130. The highest BCUT2D eigenvalue weighted by molar-refractivity contribution is 14.0. The van der Waals surface area contributed by atoms with E-state index >= 15 is 0 Å². The minimum Gasteiger partial charge on any atom is -0.376 e. The van der Waals surface area contributed by atoms with Crippen molar-refractivity contribution in [1.29, 1.82) is 0 Å². The van der Waals surface area contributed by atoms with Crippen molar-refractivity contribution < 1.29 is 9.53 Å². The number of nitrogens with one attached hydrogen (secondary N) is 1. The number of amides is 1. The van der Waals surface area contributed by atoms with Gasteiger partial charge in [-0.1, -0.05) is 30.3 Å². The van der Waals surface area contributed by atoms with Gasteiger partial charge in [0.05, 0.1) is 13.2 Å². The van der Waals surface area contributed by atoms with E-state index < -0.39 is 0 Å². The van der Waals surface area contributed by atoms with Gasteiger partial charge in [0.15, 0.2) is 5.96 Å². The van der Waals surface area contributed by atoms with Crippen molar-refractivity contribution in [2.75, 3.05) is 39.3 Å². The Morgan fingerprint density at radius 2 is 2.06 bits per heavy atom. The predicted molar refractivity (Wildman–Crippen MR) is 141 cm³/mol. The molecule has 1 aromatic heterocycles. The largest absolute Gasteiger partial charge is 0.376 e. The van der Waals surface area contributed by atoms with E-state index in [1.807, 2.05) is 23.1 Å². The zero-order valence-corrected chi connectivity index (χ0v) is 21.8. The molecule has 0 bridgehead atoms. The summed E-state index contributed by atoms with van der Waals surface area (Å²) in [6, 6.07) is 12.4. The Kier molecular flexibility index (Phi) is 9.80. The Balaban J connectivity index is 0.00000289. The number of benzene rings is 1. The van der Waals surface area contributed by atoms with Gasteiger partial charge in [0.2, 0.25) is 5.91 Å². The predicted octanol–water partition coefficient (Wildman–Crippen LogP) is 3.76. The highest BCUT2D eigenvalue weighted by Crippen LogP contribution is 2.24. The number of carbonyl (C=O) groups is 1. The summed E-state index contributed by atoms with van der Waals surface area (Å²) >= 11 is 1.79. The number of hydrogen-bond acceptors (Lipinski definition) is 4. The second-order valence-electron chi connectivity index (χ2n) is 8.21. The molecule has 1 N–H and O–H groups in total. The van der Waals surface area contributed by atoms with Gasteiger partial charge in [-0.05, 0) is 42.3 Å². The van der Waals surface area contributed by atoms with Crippen molar-refractivity contribution in [2.45, 2.75) is 32.9 Å². The van der Waals surface area contributed by atoms with Gasteiger partial charge in [0.25, 0.3) is 0 Å². The van der Waals surface area contributed by atoms with Crippen molar-refractivity contribution >= 4 is 47.2 Å². The Morgan fingerprint density at radius 3 is 2.88 bits per heavy atom. The number of halogens is 1. The minimum atomic E-state index is 0. The zero-order chi connectivity index (χ0) is 21.5. The maximum absolute atomic E-state index is 12.7. The highest BCUT2D eigenvalue weighted by atomic mass is 127. The number of carbonyl (C=O) groups excluding carboxylic acids is 1. The first-order valence-corrected chi connectivity index (χ1v) is 12.1. The molecule has 174 valence electrons. The van der Waals surface area contributed by atoms with Crippen LogP contribution in [0.2, 0.25) is 0 Å². The van der Waals surface area contributed by atoms with Gasteiger partial charge in [-0.2, -0.15) is 0 Å². The summed E-state index contributed by atoms with van der Waals surface area (Å²) in [5.41, 5.74) is 2.50. The molecule has 2 aliphatic rings. The lowest BCUT2D eigenvalue weighted by Gasteiger charge is -2.27. The molecule has 2 aliphatic heterocycles.